The average Bonchev–Trinajstić information content (AvgIpc) is 2.53. The van der Waals surface area contributed by atoms with E-state index in [0.717, 1.165) is 19.3 Å². The molecule has 4 aliphatic rings. The molecule has 0 heterocycles. The smallest absolute Gasteiger partial charge is 0.239 e. The van der Waals surface area contributed by atoms with Gasteiger partial charge >= 0.3 is 0 Å². The zero-order valence-corrected chi connectivity index (χ0v) is 15.2. The van der Waals surface area contributed by atoms with Crippen LogP contribution in [0, 0.1) is 24.2 Å². The molecule has 4 nitrogen and oxygen atoms in total. The van der Waals surface area contributed by atoms with Crippen LogP contribution in [0.3, 0.4) is 0 Å². The van der Waals surface area contributed by atoms with Gasteiger partial charge in [-0.3, -0.25) is 9.59 Å². The molecule has 4 heteroatoms. The first-order chi connectivity index (χ1) is 11.8. The molecule has 0 radical (unpaired) electrons. The molecule has 0 aliphatic heterocycles. The van der Waals surface area contributed by atoms with Crippen molar-refractivity contribution in [3.8, 4) is 0 Å². The third kappa shape index (κ3) is 2.66. The fourth-order valence-electron chi connectivity index (χ4n) is 6.19. The number of nitrogens with two attached hydrogens (primary N) is 1. The summed E-state index contributed by atoms with van der Waals surface area (Å²) in [5.41, 5.74) is 7.83. The van der Waals surface area contributed by atoms with Gasteiger partial charge in [0.2, 0.25) is 11.8 Å². The van der Waals surface area contributed by atoms with Gasteiger partial charge in [-0.15, -0.1) is 0 Å². The monoisotopic (exact) mass is 340 g/mol. The summed E-state index contributed by atoms with van der Waals surface area (Å²) < 4.78 is 0. The van der Waals surface area contributed by atoms with Gasteiger partial charge in [0, 0.05) is 0 Å². The first-order valence-electron chi connectivity index (χ1n) is 9.49. The number of primary amides is 1. The van der Waals surface area contributed by atoms with E-state index in [1.165, 1.54) is 30.4 Å². The van der Waals surface area contributed by atoms with Gasteiger partial charge in [0.25, 0.3) is 0 Å². The molecule has 3 N–H and O–H groups in total. The molecule has 1 aromatic rings. The number of carbonyl (C=O) groups excluding carboxylic acids is 2. The van der Waals surface area contributed by atoms with Crippen LogP contribution in [-0.2, 0) is 15.0 Å². The summed E-state index contributed by atoms with van der Waals surface area (Å²) in [4.78, 5) is 24.5. The van der Waals surface area contributed by atoms with Crippen LogP contribution in [0.2, 0.25) is 0 Å². The van der Waals surface area contributed by atoms with Gasteiger partial charge < -0.3 is 11.1 Å². The average molecular weight is 340 g/mol. The Morgan fingerprint density at radius 3 is 2.28 bits per heavy atom. The fourth-order valence-corrected chi connectivity index (χ4v) is 6.19. The van der Waals surface area contributed by atoms with Crippen molar-refractivity contribution in [3.05, 3.63) is 35.4 Å². The predicted molar refractivity (Wildman–Crippen MR) is 96.8 cm³/mol. The SMILES string of the molecule is Cc1ccc(C23C[C@@H]4C[C@H](CC(C(=O)N[C@@H](C)C(N)=O)(C4)C2)C3)cc1. The van der Waals surface area contributed by atoms with Gasteiger partial charge in [-0.25, -0.2) is 0 Å². The van der Waals surface area contributed by atoms with E-state index in [-0.39, 0.29) is 16.7 Å². The van der Waals surface area contributed by atoms with E-state index in [2.05, 4.69) is 36.5 Å². The Morgan fingerprint density at radius 2 is 1.72 bits per heavy atom. The lowest BCUT2D eigenvalue weighted by molar-refractivity contribution is -0.150. The van der Waals surface area contributed by atoms with Crippen molar-refractivity contribution in [2.45, 2.75) is 63.8 Å². The normalized spacial score (nSPS) is 36.9. The van der Waals surface area contributed by atoms with Crippen LogP contribution in [0.4, 0.5) is 0 Å². The maximum absolute atomic E-state index is 13.1. The van der Waals surface area contributed by atoms with Crippen molar-refractivity contribution < 1.29 is 9.59 Å². The van der Waals surface area contributed by atoms with Crippen molar-refractivity contribution >= 4 is 11.8 Å². The second-order valence-corrected chi connectivity index (χ2v) is 8.99. The number of benzene rings is 1. The number of rotatable bonds is 4. The summed E-state index contributed by atoms with van der Waals surface area (Å²) in [5.74, 6) is 0.824. The number of hydrogen-bond acceptors (Lipinski definition) is 2. The minimum absolute atomic E-state index is 0.0457. The Labute approximate surface area is 149 Å². The van der Waals surface area contributed by atoms with Crippen LogP contribution in [0.25, 0.3) is 0 Å². The quantitative estimate of drug-likeness (QED) is 0.884. The number of aryl methyl sites for hydroxylation is 1. The number of hydrogen-bond donors (Lipinski definition) is 2. The van der Waals surface area contributed by atoms with Crippen LogP contribution in [0.5, 0.6) is 0 Å². The molecule has 4 bridgehead atoms. The molecule has 0 unspecified atom stereocenters. The molecule has 3 atom stereocenters. The molecule has 2 amide bonds. The van der Waals surface area contributed by atoms with Crippen LogP contribution in [0.15, 0.2) is 24.3 Å². The molecule has 4 fully saturated rings. The van der Waals surface area contributed by atoms with E-state index in [0.29, 0.717) is 11.8 Å². The topological polar surface area (TPSA) is 72.2 Å². The van der Waals surface area contributed by atoms with Crippen LogP contribution in [-0.4, -0.2) is 17.9 Å². The second-order valence-electron chi connectivity index (χ2n) is 8.99. The van der Waals surface area contributed by atoms with E-state index in [4.69, 9.17) is 5.73 Å². The van der Waals surface area contributed by atoms with Gasteiger partial charge in [-0.1, -0.05) is 29.8 Å². The molecule has 0 saturated heterocycles. The summed E-state index contributed by atoms with van der Waals surface area (Å²) in [6.45, 7) is 3.79. The molecule has 25 heavy (non-hydrogen) atoms. The minimum atomic E-state index is -0.601. The maximum atomic E-state index is 13.1. The van der Waals surface area contributed by atoms with E-state index in [1.54, 1.807) is 6.92 Å². The van der Waals surface area contributed by atoms with E-state index < -0.39 is 11.9 Å². The predicted octanol–water partition coefficient (Wildman–Crippen LogP) is 2.82. The van der Waals surface area contributed by atoms with Gasteiger partial charge in [-0.2, -0.15) is 0 Å². The molecular weight excluding hydrogens is 312 g/mol. The number of amides is 2. The Morgan fingerprint density at radius 1 is 1.12 bits per heavy atom. The molecule has 5 rings (SSSR count). The molecule has 134 valence electrons. The first kappa shape index (κ1) is 16.6. The summed E-state index contributed by atoms with van der Waals surface area (Å²) in [6, 6.07) is 8.31. The summed E-state index contributed by atoms with van der Waals surface area (Å²) in [7, 11) is 0. The first-order valence-corrected chi connectivity index (χ1v) is 9.49. The molecule has 1 aromatic carbocycles. The highest BCUT2D eigenvalue weighted by molar-refractivity contribution is 5.89. The standard InChI is InChI=1S/C21H28N2O2/c1-13-3-5-17(6-4-13)20-8-15-7-16(9-20)11-21(10-15,12-20)19(25)23-14(2)18(22)24/h3-6,14-16H,7-12H2,1-2H3,(H2,22,24)(H,23,25)/t14-,15-,16-,20?,21?/m0/s1. The largest absolute Gasteiger partial charge is 0.368 e. The van der Waals surface area contributed by atoms with Crippen molar-refractivity contribution in [1.82, 2.24) is 5.32 Å². The molecular formula is C21H28N2O2. The van der Waals surface area contributed by atoms with Crippen molar-refractivity contribution in [2.24, 2.45) is 23.0 Å². The van der Waals surface area contributed by atoms with Gasteiger partial charge in [0.05, 0.1) is 5.41 Å². The third-order valence-corrected chi connectivity index (χ3v) is 6.98. The maximum Gasteiger partial charge on any atom is 0.239 e. The Bertz CT molecular complexity index is 695. The van der Waals surface area contributed by atoms with Crippen molar-refractivity contribution in [3.63, 3.8) is 0 Å². The zero-order valence-electron chi connectivity index (χ0n) is 15.2. The summed E-state index contributed by atoms with van der Waals surface area (Å²) >= 11 is 0. The highest BCUT2D eigenvalue weighted by Crippen LogP contribution is 2.65. The number of nitrogens with one attached hydrogen (secondary N) is 1. The fraction of sp³-hybridized carbons (Fsp3) is 0.619. The highest BCUT2D eigenvalue weighted by atomic mass is 16.2. The number of carbonyl (C=O) groups is 2. The lowest BCUT2D eigenvalue weighted by atomic mass is 9.42. The second kappa shape index (κ2) is 5.58. The lowest BCUT2D eigenvalue weighted by Gasteiger charge is -2.61. The van der Waals surface area contributed by atoms with Crippen LogP contribution in [0.1, 0.15) is 56.6 Å². The van der Waals surface area contributed by atoms with Gasteiger partial charge in [0.1, 0.15) is 6.04 Å². The zero-order chi connectivity index (χ0) is 17.8. The highest BCUT2D eigenvalue weighted by Gasteiger charge is 2.61. The van der Waals surface area contributed by atoms with Gasteiger partial charge in [-0.05, 0) is 75.2 Å². The van der Waals surface area contributed by atoms with Crippen molar-refractivity contribution in [1.29, 1.82) is 0 Å². The van der Waals surface area contributed by atoms with E-state index in [1.807, 2.05) is 0 Å². The van der Waals surface area contributed by atoms with Crippen LogP contribution >= 0.6 is 0 Å². The minimum Gasteiger partial charge on any atom is -0.368 e. The Balaban J connectivity index is 1.66. The Hall–Kier alpha value is -1.84. The lowest BCUT2D eigenvalue weighted by Crippen LogP contribution is -2.60. The van der Waals surface area contributed by atoms with Gasteiger partial charge in [0.15, 0.2) is 0 Å². The van der Waals surface area contributed by atoms with Crippen molar-refractivity contribution in [2.75, 3.05) is 0 Å². The molecule has 0 aromatic heterocycles. The van der Waals surface area contributed by atoms with E-state index >= 15 is 0 Å². The Kier molecular flexibility index (Phi) is 3.71. The summed E-state index contributed by atoms with van der Waals surface area (Å²) in [5, 5.41) is 2.90. The van der Waals surface area contributed by atoms with Crippen LogP contribution < -0.4 is 11.1 Å². The summed E-state index contributed by atoms with van der Waals surface area (Å²) in [6.07, 6.45) is 6.50. The molecule has 0 spiro atoms. The molecule has 4 saturated carbocycles. The molecule has 4 aliphatic carbocycles. The third-order valence-electron chi connectivity index (χ3n) is 6.98. The van der Waals surface area contributed by atoms with E-state index in [9.17, 15) is 9.59 Å².